The molecule has 0 unspecified atom stereocenters. The highest BCUT2D eigenvalue weighted by Crippen LogP contribution is 2.08. The van der Waals surface area contributed by atoms with Crippen LogP contribution >= 0.6 is 0 Å². The molecule has 2 heterocycles. The molecule has 2 nitrogen and oxygen atoms in total. The van der Waals surface area contributed by atoms with Crippen LogP contribution in [-0.2, 0) is 0 Å². The average Bonchev–Trinajstić information content (AvgIpc) is 2.11. The molecular formula is C7H12N2. The van der Waals surface area contributed by atoms with Gasteiger partial charge in [-0.25, -0.2) is 0 Å². The van der Waals surface area contributed by atoms with Crippen molar-refractivity contribution in [2.24, 2.45) is 0 Å². The van der Waals surface area contributed by atoms with E-state index in [1.165, 1.54) is 26.2 Å². The van der Waals surface area contributed by atoms with Gasteiger partial charge < -0.3 is 5.32 Å². The van der Waals surface area contributed by atoms with E-state index in [9.17, 15) is 0 Å². The minimum atomic E-state index is 0.833. The Morgan fingerprint density at radius 1 is 1.22 bits per heavy atom. The Morgan fingerprint density at radius 3 is 2.33 bits per heavy atom. The molecule has 9 heavy (non-hydrogen) atoms. The maximum Gasteiger partial charge on any atom is 0.0351 e. The zero-order valence-electron chi connectivity index (χ0n) is 5.51. The van der Waals surface area contributed by atoms with Gasteiger partial charge in [-0.2, -0.15) is 0 Å². The van der Waals surface area contributed by atoms with Crippen LogP contribution in [0.3, 0.4) is 0 Å². The Morgan fingerprint density at radius 2 is 1.89 bits per heavy atom. The first kappa shape index (κ1) is 5.45. The summed E-state index contributed by atoms with van der Waals surface area (Å²) in [5.74, 6) is 0. The summed E-state index contributed by atoms with van der Waals surface area (Å²) in [6.07, 6.45) is 4.50. The highest BCUT2D eigenvalue weighted by Gasteiger charge is 2.23. The predicted octanol–water partition coefficient (Wildman–Crippen LogP) is -0.170. The SMILES string of the molecule is C1=CCN(C2CNC2)C1. The molecule has 1 fully saturated rings. The lowest BCUT2D eigenvalue weighted by molar-refractivity contribution is 0.187. The van der Waals surface area contributed by atoms with E-state index in [1.807, 2.05) is 0 Å². The molecule has 2 aliphatic heterocycles. The number of nitrogens with zero attached hydrogens (tertiary/aromatic N) is 1. The van der Waals surface area contributed by atoms with Crippen molar-refractivity contribution in [2.45, 2.75) is 6.04 Å². The molecule has 2 aliphatic rings. The topological polar surface area (TPSA) is 15.3 Å². The Hall–Kier alpha value is -0.340. The molecule has 0 bridgehead atoms. The molecule has 1 N–H and O–H groups in total. The van der Waals surface area contributed by atoms with E-state index in [0.29, 0.717) is 0 Å². The maximum atomic E-state index is 3.27. The molecule has 2 heteroatoms. The van der Waals surface area contributed by atoms with E-state index in [2.05, 4.69) is 22.4 Å². The van der Waals surface area contributed by atoms with Crippen LogP contribution < -0.4 is 5.32 Å². The van der Waals surface area contributed by atoms with Crippen molar-refractivity contribution in [1.82, 2.24) is 10.2 Å². The van der Waals surface area contributed by atoms with Gasteiger partial charge >= 0.3 is 0 Å². The van der Waals surface area contributed by atoms with Crippen LogP contribution in [0.5, 0.6) is 0 Å². The minimum Gasteiger partial charge on any atom is -0.314 e. The molecule has 0 radical (unpaired) electrons. The summed E-state index contributed by atoms with van der Waals surface area (Å²) in [4.78, 5) is 2.50. The third-order valence-electron chi connectivity index (χ3n) is 2.12. The summed E-state index contributed by atoms with van der Waals surface area (Å²) in [5.41, 5.74) is 0. The monoisotopic (exact) mass is 124 g/mol. The molecule has 1 saturated heterocycles. The normalized spacial score (nSPS) is 28.9. The number of nitrogens with one attached hydrogen (secondary N) is 1. The average molecular weight is 124 g/mol. The van der Waals surface area contributed by atoms with Crippen molar-refractivity contribution in [1.29, 1.82) is 0 Å². The quantitative estimate of drug-likeness (QED) is 0.488. The number of rotatable bonds is 1. The van der Waals surface area contributed by atoms with Crippen LogP contribution in [0.25, 0.3) is 0 Å². The van der Waals surface area contributed by atoms with Gasteiger partial charge in [0.15, 0.2) is 0 Å². The molecule has 50 valence electrons. The number of hydrogen-bond acceptors (Lipinski definition) is 2. The van der Waals surface area contributed by atoms with Crippen LogP contribution in [0, 0.1) is 0 Å². The minimum absolute atomic E-state index is 0.833. The van der Waals surface area contributed by atoms with Gasteiger partial charge in [-0.05, 0) is 0 Å². The fourth-order valence-corrected chi connectivity index (χ4v) is 1.32. The van der Waals surface area contributed by atoms with E-state index in [1.54, 1.807) is 0 Å². The second-order valence-corrected chi connectivity index (χ2v) is 2.74. The second-order valence-electron chi connectivity index (χ2n) is 2.74. The van der Waals surface area contributed by atoms with Crippen molar-refractivity contribution < 1.29 is 0 Å². The van der Waals surface area contributed by atoms with Crippen LogP contribution in [0.1, 0.15) is 0 Å². The molecule has 0 aliphatic carbocycles. The molecule has 0 spiro atoms. The fraction of sp³-hybridized carbons (Fsp3) is 0.714. The lowest BCUT2D eigenvalue weighted by Gasteiger charge is -2.35. The van der Waals surface area contributed by atoms with Crippen LogP contribution in [0.2, 0.25) is 0 Å². The molecule has 0 aromatic carbocycles. The summed E-state index contributed by atoms with van der Waals surface area (Å²) in [6.45, 7) is 4.74. The third kappa shape index (κ3) is 0.884. The first-order valence-electron chi connectivity index (χ1n) is 3.56. The summed E-state index contributed by atoms with van der Waals surface area (Å²) in [6, 6.07) is 0.833. The predicted molar refractivity (Wildman–Crippen MR) is 37.4 cm³/mol. The van der Waals surface area contributed by atoms with E-state index in [0.717, 1.165) is 6.04 Å². The zero-order chi connectivity index (χ0) is 6.10. The highest BCUT2D eigenvalue weighted by molar-refractivity contribution is 5.00. The Labute approximate surface area is 55.5 Å². The number of hydrogen-bond donors (Lipinski definition) is 1. The third-order valence-corrected chi connectivity index (χ3v) is 2.12. The van der Waals surface area contributed by atoms with E-state index in [4.69, 9.17) is 0 Å². The van der Waals surface area contributed by atoms with Crippen LogP contribution in [0.4, 0.5) is 0 Å². The van der Waals surface area contributed by atoms with Crippen molar-refractivity contribution >= 4 is 0 Å². The molecule has 0 atom stereocenters. The summed E-state index contributed by atoms with van der Waals surface area (Å²) in [5, 5.41) is 3.27. The van der Waals surface area contributed by atoms with Gasteiger partial charge in [0.2, 0.25) is 0 Å². The standard InChI is InChI=1S/C7H12N2/c1-2-4-9(3-1)7-5-8-6-7/h1-2,7-8H,3-6H2. The summed E-state index contributed by atoms with van der Waals surface area (Å²) < 4.78 is 0. The second kappa shape index (κ2) is 2.12. The van der Waals surface area contributed by atoms with Gasteiger partial charge in [0.25, 0.3) is 0 Å². The van der Waals surface area contributed by atoms with Crippen molar-refractivity contribution in [3.8, 4) is 0 Å². The van der Waals surface area contributed by atoms with Gasteiger partial charge in [-0.15, -0.1) is 0 Å². The lowest BCUT2D eigenvalue weighted by Crippen LogP contribution is -2.56. The fourth-order valence-electron chi connectivity index (χ4n) is 1.32. The molecule has 0 aromatic heterocycles. The van der Waals surface area contributed by atoms with Crippen LogP contribution in [-0.4, -0.2) is 37.1 Å². The largest absolute Gasteiger partial charge is 0.314 e. The van der Waals surface area contributed by atoms with Crippen molar-refractivity contribution in [2.75, 3.05) is 26.2 Å². The van der Waals surface area contributed by atoms with E-state index >= 15 is 0 Å². The van der Waals surface area contributed by atoms with E-state index in [-0.39, 0.29) is 0 Å². The zero-order valence-corrected chi connectivity index (χ0v) is 5.51. The van der Waals surface area contributed by atoms with Gasteiger partial charge in [-0.3, -0.25) is 4.90 Å². The maximum absolute atomic E-state index is 3.27. The van der Waals surface area contributed by atoms with Gasteiger partial charge in [0.1, 0.15) is 0 Å². The van der Waals surface area contributed by atoms with Crippen molar-refractivity contribution in [3.63, 3.8) is 0 Å². The first-order valence-corrected chi connectivity index (χ1v) is 3.56. The summed E-state index contributed by atoms with van der Waals surface area (Å²) >= 11 is 0. The smallest absolute Gasteiger partial charge is 0.0351 e. The first-order chi connectivity index (χ1) is 4.47. The molecular weight excluding hydrogens is 112 g/mol. The lowest BCUT2D eigenvalue weighted by atomic mass is 10.1. The highest BCUT2D eigenvalue weighted by atomic mass is 15.2. The Balaban J connectivity index is 1.85. The van der Waals surface area contributed by atoms with Crippen LogP contribution in [0.15, 0.2) is 12.2 Å². The Kier molecular flexibility index (Phi) is 1.28. The van der Waals surface area contributed by atoms with Gasteiger partial charge in [0, 0.05) is 32.2 Å². The molecule has 0 saturated carbocycles. The molecule has 0 amide bonds. The van der Waals surface area contributed by atoms with Crippen molar-refractivity contribution in [3.05, 3.63) is 12.2 Å². The van der Waals surface area contributed by atoms with Gasteiger partial charge in [-0.1, -0.05) is 12.2 Å². The summed E-state index contributed by atoms with van der Waals surface area (Å²) in [7, 11) is 0. The van der Waals surface area contributed by atoms with Gasteiger partial charge in [0.05, 0.1) is 0 Å². The molecule has 0 aromatic rings. The van der Waals surface area contributed by atoms with E-state index < -0.39 is 0 Å². The molecule has 2 rings (SSSR count). The Bertz CT molecular complexity index is 119.